The predicted molar refractivity (Wildman–Crippen MR) is 89.4 cm³/mol. The molecule has 1 fully saturated rings. The Kier molecular flexibility index (Phi) is 31.2. The number of nitrogens with zero attached hydrogens (tertiary/aromatic N) is 3. The van der Waals surface area contributed by atoms with Gasteiger partial charge in [0.05, 0.1) is 0 Å². The Balaban J connectivity index is -0.000000122. The van der Waals surface area contributed by atoms with Crippen molar-refractivity contribution in [2.75, 3.05) is 41.7 Å². The first-order valence-electron chi connectivity index (χ1n) is 6.60. The molecule has 0 aromatic rings. The van der Waals surface area contributed by atoms with Gasteiger partial charge in [0.1, 0.15) is 6.71 Å². The van der Waals surface area contributed by atoms with Crippen LogP contribution in [0.4, 0.5) is 0 Å². The van der Waals surface area contributed by atoms with Crippen LogP contribution >= 0.6 is 0 Å². The number of hydrogen-bond donors (Lipinski definition) is 0. The molecule has 1 unspecified atom stereocenters. The molecule has 0 aromatic carbocycles. The molecular formula is C14H34BN3Zr. The summed E-state index contributed by atoms with van der Waals surface area (Å²) in [7, 11) is 8.93. The zero-order valence-electron chi connectivity index (χ0n) is 14.4. The third kappa shape index (κ3) is 16.8. The predicted octanol–water partition coefficient (Wildman–Crippen LogP) is 4.53. The third-order valence-corrected chi connectivity index (χ3v) is 3.13. The van der Waals surface area contributed by atoms with E-state index in [2.05, 4.69) is 29.7 Å². The molecule has 0 N–H and O–H groups in total. The number of hydrogen-bond acceptors (Lipinski definition) is 0. The molecule has 1 saturated carbocycles. The Morgan fingerprint density at radius 3 is 1.68 bits per heavy atom. The molecule has 0 aliphatic heterocycles. The third-order valence-electron chi connectivity index (χ3n) is 3.13. The second-order valence-electron chi connectivity index (χ2n) is 4.94. The molecular weight excluding hydrogens is 312 g/mol. The zero-order chi connectivity index (χ0) is 13.7. The Morgan fingerprint density at radius 2 is 1.42 bits per heavy atom. The largest absolute Gasteiger partial charge is 4.00 e. The minimum Gasteiger partial charge on any atom is -0.671 e. The van der Waals surface area contributed by atoms with Gasteiger partial charge < -0.3 is 23.4 Å². The minimum atomic E-state index is 0. The van der Waals surface area contributed by atoms with E-state index in [1.165, 1.54) is 19.3 Å². The monoisotopic (exact) mass is 345 g/mol. The normalized spacial score (nSPS) is 19.7. The van der Waals surface area contributed by atoms with Crippen molar-refractivity contribution in [3.8, 4) is 0 Å². The van der Waals surface area contributed by atoms with Gasteiger partial charge in [0.25, 0.3) is 0 Å². The summed E-state index contributed by atoms with van der Waals surface area (Å²) in [4.78, 5) is 0. The van der Waals surface area contributed by atoms with Gasteiger partial charge >= 0.3 is 26.2 Å². The van der Waals surface area contributed by atoms with Crippen molar-refractivity contribution in [3.05, 3.63) is 23.4 Å². The van der Waals surface area contributed by atoms with Crippen LogP contribution in [-0.2, 0) is 26.2 Å². The van der Waals surface area contributed by atoms with E-state index in [-0.39, 0.29) is 33.6 Å². The summed E-state index contributed by atoms with van der Waals surface area (Å²) in [6, 6.07) is 0. The summed E-state index contributed by atoms with van der Waals surface area (Å²) in [5.74, 6) is 1.91. The topological polar surface area (TPSA) is 42.3 Å². The summed E-state index contributed by atoms with van der Waals surface area (Å²) in [5, 5.41) is 11.2. The molecule has 0 bridgehead atoms. The molecule has 5 heteroatoms. The fourth-order valence-electron chi connectivity index (χ4n) is 2.44. The zero-order valence-corrected chi connectivity index (χ0v) is 16.9. The van der Waals surface area contributed by atoms with E-state index < -0.39 is 0 Å². The van der Waals surface area contributed by atoms with Crippen LogP contribution in [0.2, 0.25) is 12.6 Å². The van der Waals surface area contributed by atoms with Gasteiger partial charge in [-0.05, 0) is 5.92 Å². The molecule has 0 saturated heterocycles. The van der Waals surface area contributed by atoms with Gasteiger partial charge in [0.15, 0.2) is 0 Å². The summed E-state index contributed by atoms with van der Waals surface area (Å²) in [5.41, 5.74) is 0. The molecule has 1 aliphatic carbocycles. The van der Waals surface area contributed by atoms with Gasteiger partial charge in [-0.25, -0.2) is 0 Å². The van der Waals surface area contributed by atoms with Crippen LogP contribution in [0.15, 0.2) is 0 Å². The molecule has 112 valence electrons. The summed E-state index contributed by atoms with van der Waals surface area (Å²) in [6.45, 7) is 5.56. The second kappa shape index (κ2) is 21.1. The van der Waals surface area contributed by atoms with Crippen molar-refractivity contribution < 1.29 is 26.2 Å². The molecule has 1 aliphatic rings. The maximum atomic E-state index is 4.21. The van der Waals surface area contributed by atoms with Crippen molar-refractivity contribution in [1.82, 2.24) is 0 Å². The van der Waals surface area contributed by atoms with Crippen molar-refractivity contribution in [2.24, 2.45) is 5.92 Å². The Hall–Kier alpha value is 0.828. The van der Waals surface area contributed by atoms with E-state index in [9.17, 15) is 0 Å². The van der Waals surface area contributed by atoms with E-state index in [4.69, 9.17) is 0 Å². The summed E-state index contributed by atoms with van der Waals surface area (Å²) < 4.78 is 0. The van der Waals surface area contributed by atoms with Gasteiger partial charge in [-0.2, -0.15) is 41.7 Å². The smallest absolute Gasteiger partial charge is 0.671 e. The van der Waals surface area contributed by atoms with Crippen LogP contribution in [-0.4, -0.2) is 48.4 Å². The Labute approximate surface area is 142 Å². The summed E-state index contributed by atoms with van der Waals surface area (Å²) >= 11 is 0. The first kappa shape index (κ1) is 28.1. The molecule has 3 nitrogen and oxygen atoms in total. The molecule has 1 rings (SSSR count). The first-order valence-corrected chi connectivity index (χ1v) is 6.60. The van der Waals surface area contributed by atoms with Crippen LogP contribution in [0.3, 0.4) is 0 Å². The van der Waals surface area contributed by atoms with Gasteiger partial charge in [0.2, 0.25) is 0 Å². The van der Waals surface area contributed by atoms with Gasteiger partial charge in [-0.15, -0.1) is 0 Å². The Morgan fingerprint density at radius 1 is 1.00 bits per heavy atom. The van der Waals surface area contributed by atoms with Crippen molar-refractivity contribution in [1.29, 1.82) is 0 Å². The first-order chi connectivity index (χ1) is 8.08. The van der Waals surface area contributed by atoms with E-state index in [0.717, 1.165) is 24.9 Å². The average Bonchev–Trinajstić information content (AvgIpc) is 2.67. The molecule has 0 amide bonds. The van der Waals surface area contributed by atoms with Gasteiger partial charge in [0, 0.05) is 0 Å². The fourth-order valence-corrected chi connectivity index (χ4v) is 2.44. The maximum Gasteiger partial charge on any atom is 4.00 e. The van der Waals surface area contributed by atoms with Crippen LogP contribution in [0.1, 0.15) is 26.2 Å². The van der Waals surface area contributed by atoms with Gasteiger partial charge in [-0.1, -0.05) is 38.8 Å². The van der Waals surface area contributed by atoms with Crippen LogP contribution in [0.5, 0.6) is 0 Å². The van der Waals surface area contributed by atoms with Gasteiger partial charge in [-0.3, -0.25) is 0 Å². The average molecular weight is 346 g/mol. The van der Waals surface area contributed by atoms with E-state index in [0.29, 0.717) is 0 Å². The van der Waals surface area contributed by atoms with E-state index >= 15 is 0 Å². The molecule has 0 aromatic heterocycles. The molecule has 0 spiro atoms. The van der Waals surface area contributed by atoms with Crippen LogP contribution in [0, 0.1) is 13.3 Å². The maximum absolute atomic E-state index is 4.21. The van der Waals surface area contributed by atoms with Crippen LogP contribution in [0.25, 0.3) is 16.0 Å². The summed E-state index contributed by atoms with van der Waals surface area (Å²) in [6.07, 6.45) is 5.39. The van der Waals surface area contributed by atoms with Crippen molar-refractivity contribution in [3.63, 3.8) is 0 Å². The van der Waals surface area contributed by atoms with E-state index in [1.54, 1.807) is 28.2 Å². The van der Waals surface area contributed by atoms with Crippen molar-refractivity contribution in [2.45, 2.75) is 38.8 Å². The molecule has 0 heterocycles. The molecule has 0 radical (unpaired) electrons. The Bertz CT molecular complexity index is 149. The van der Waals surface area contributed by atoms with Crippen molar-refractivity contribution >= 4 is 6.71 Å². The quantitative estimate of drug-likeness (QED) is 0.532. The van der Waals surface area contributed by atoms with Crippen LogP contribution < -0.4 is 0 Å². The fraction of sp³-hybridized carbons (Fsp3) is 0.929. The molecule has 19 heavy (non-hydrogen) atoms. The molecule has 2 atom stereocenters. The minimum absolute atomic E-state index is 0. The second-order valence-corrected chi connectivity index (χ2v) is 4.94. The number of rotatable bonds is 3. The SMILES string of the molecule is C[N-]C.C[N-]C.C[N-]CB(C)C1CCC[C@@H]1C.[CH3-].[Zr+4]. The van der Waals surface area contributed by atoms with E-state index in [1.807, 2.05) is 7.05 Å². The standard InChI is InChI=1S/C9H19BN.2C2H6N.CH3.Zr/c1-8-5-4-6-9(8)10(2)7-11-3;2*1-3-2;;/h8-9H,4-7H2,1-3H3;2*1-2H3;1H3;/q4*-1;+4/t8-,9?;;;;/m0..../s1.